The van der Waals surface area contributed by atoms with Gasteiger partial charge in [-0.15, -0.1) is 0 Å². The van der Waals surface area contributed by atoms with Gasteiger partial charge >= 0.3 is 0 Å². The highest BCUT2D eigenvalue weighted by Crippen LogP contribution is 2.27. The summed E-state index contributed by atoms with van der Waals surface area (Å²) in [4.78, 5) is 28.7. The fourth-order valence-electron chi connectivity index (χ4n) is 4.92. The normalized spacial score (nSPS) is 13.4. The maximum absolute atomic E-state index is 12.4. The minimum Gasteiger partial charge on any atom is -0.326 e. The number of nitrogens with one attached hydrogen (secondary N) is 8. The summed E-state index contributed by atoms with van der Waals surface area (Å²) in [5.74, 6) is -0.0295. The number of para-hydroxylation sites is 1. The van der Waals surface area contributed by atoms with Crippen LogP contribution < -0.4 is 33.4 Å². The predicted molar refractivity (Wildman–Crippen MR) is 197 cm³/mol. The summed E-state index contributed by atoms with van der Waals surface area (Å²) in [5.41, 5.74) is 0.254. The van der Waals surface area contributed by atoms with Gasteiger partial charge in [0.2, 0.25) is 34.0 Å². The summed E-state index contributed by atoms with van der Waals surface area (Å²) in [6, 6.07) is 21.2. The summed E-state index contributed by atoms with van der Waals surface area (Å²) in [7, 11) is -14.2. The molecule has 2 heterocycles. The van der Waals surface area contributed by atoms with E-state index in [4.69, 9.17) is 10.8 Å². The van der Waals surface area contributed by atoms with E-state index in [1.165, 1.54) is 48.6 Å². The van der Waals surface area contributed by atoms with Gasteiger partial charge in [0.1, 0.15) is 9.79 Å². The Morgan fingerprint density at radius 3 is 1.57 bits per heavy atom. The van der Waals surface area contributed by atoms with Crippen LogP contribution in [0.2, 0.25) is 0 Å². The topological polar surface area (TPSA) is 352 Å². The molecule has 0 atom stereocenters. The summed E-state index contributed by atoms with van der Waals surface area (Å²) in [5, 5.41) is 18.8. The first kappa shape index (κ1) is 38.9. The minimum absolute atomic E-state index is 0.0118. The van der Waals surface area contributed by atoms with Crippen LogP contribution in [0.15, 0.2) is 121 Å². The molecule has 0 aliphatic heterocycles. The third kappa shape index (κ3) is 10.0. The molecule has 0 bridgehead atoms. The molecule has 0 aliphatic rings. The fourth-order valence-corrected chi connectivity index (χ4v) is 6.80. The molecule has 0 radical (unpaired) electrons. The average molecular weight is 821 g/mol. The van der Waals surface area contributed by atoms with E-state index in [9.17, 15) is 38.9 Å². The molecule has 56 heavy (non-hydrogen) atoms. The monoisotopic (exact) mass is 820 g/mol. The van der Waals surface area contributed by atoms with Gasteiger partial charge < -0.3 is 5.32 Å². The van der Waals surface area contributed by atoms with Gasteiger partial charge in [-0.3, -0.25) is 49.4 Å². The van der Waals surface area contributed by atoms with Gasteiger partial charge in [0, 0.05) is 5.69 Å². The predicted octanol–water partition coefficient (Wildman–Crippen LogP) is 2.03. The third-order valence-electron chi connectivity index (χ3n) is 7.31. The second kappa shape index (κ2) is 15.5. The molecule has 0 aliphatic carbocycles. The quantitative estimate of drug-likeness (QED) is 0.0701. The average Bonchev–Trinajstić information content (AvgIpc) is 3.10. The number of H-pyrrole nitrogens is 5. The van der Waals surface area contributed by atoms with Crippen LogP contribution >= 0.6 is 0 Å². The molecule has 6 rings (SSSR count). The molecule has 21 nitrogen and oxygen atoms in total. The van der Waals surface area contributed by atoms with E-state index in [1.54, 1.807) is 24.3 Å². The number of nitrogens with zero attached hydrogens (tertiary/aromatic N) is 4. The zero-order chi connectivity index (χ0) is 40.3. The van der Waals surface area contributed by atoms with Gasteiger partial charge in [-0.05, 0) is 71.8 Å². The van der Waals surface area contributed by atoms with Crippen LogP contribution in [0, 0.1) is 10.8 Å². The Kier molecular flexibility index (Phi) is 10.8. The fraction of sp³-hybridized carbons (Fsp3) is 0. The van der Waals surface area contributed by atoms with Crippen molar-refractivity contribution in [3.05, 3.63) is 130 Å². The number of hydrogen-bond donors (Lipinski definition) is 11. The molecule has 0 unspecified atom stereocenters. The van der Waals surface area contributed by atoms with Crippen molar-refractivity contribution in [1.82, 2.24) is 29.9 Å². The van der Waals surface area contributed by atoms with Crippen molar-refractivity contribution in [2.75, 3.05) is 5.32 Å². The van der Waals surface area contributed by atoms with Crippen molar-refractivity contribution >= 4 is 71.2 Å². The van der Waals surface area contributed by atoms with Crippen molar-refractivity contribution in [2.24, 2.45) is 15.0 Å². The molecular formula is C32H28N12O9S3. The van der Waals surface area contributed by atoms with E-state index in [0.717, 1.165) is 24.3 Å². The van der Waals surface area contributed by atoms with Crippen molar-refractivity contribution in [3.63, 3.8) is 0 Å². The molecule has 24 heteroatoms. The lowest BCUT2D eigenvalue weighted by Gasteiger charge is -2.07. The van der Waals surface area contributed by atoms with Gasteiger partial charge in [-0.1, -0.05) is 42.5 Å². The maximum Gasteiger partial charge on any atom is 0.295 e. The molecule has 0 saturated heterocycles. The van der Waals surface area contributed by atoms with E-state index < -0.39 is 40.1 Å². The Hall–Kier alpha value is -6.83. The smallest absolute Gasteiger partial charge is 0.295 e. The molecule has 2 aromatic heterocycles. The third-order valence-corrected chi connectivity index (χ3v) is 9.99. The summed E-state index contributed by atoms with van der Waals surface area (Å²) >= 11 is 0. The van der Waals surface area contributed by atoms with Crippen molar-refractivity contribution in [1.29, 1.82) is 10.8 Å². The largest absolute Gasteiger partial charge is 0.326 e. The van der Waals surface area contributed by atoms with Gasteiger partial charge in [0.15, 0.2) is 0 Å². The van der Waals surface area contributed by atoms with E-state index in [2.05, 4.69) is 50.2 Å². The lowest BCUT2D eigenvalue weighted by molar-refractivity contribution is 0.480. The van der Waals surface area contributed by atoms with Crippen LogP contribution in [0.25, 0.3) is 12.2 Å². The molecule has 6 aromatic rings. The van der Waals surface area contributed by atoms with Crippen LogP contribution in [0.1, 0.15) is 11.1 Å². The van der Waals surface area contributed by atoms with Crippen LogP contribution in [0.3, 0.4) is 0 Å². The van der Waals surface area contributed by atoms with E-state index in [0.29, 0.717) is 11.4 Å². The molecule has 4 aromatic carbocycles. The number of anilines is 2. The molecule has 288 valence electrons. The van der Waals surface area contributed by atoms with Crippen molar-refractivity contribution in [2.45, 2.75) is 14.7 Å². The molecule has 0 spiro atoms. The molecule has 11 N–H and O–H groups in total. The van der Waals surface area contributed by atoms with Gasteiger partial charge in [0.25, 0.3) is 30.4 Å². The first-order valence-electron chi connectivity index (χ1n) is 15.6. The number of aromatic nitrogens is 6. The standard InChI is InChI=1S/C32H28N12O9S3/c33-27-39-29(35-20-4-2-1-3-5-20)43-31(41-27)37-22-10-8-18(25(16-22)55(48,49)50)6-7-19-9-11-23(17-26(19)56(51,52)53)38-32-42-28(34)40-30(44-32)36-21-12-14-24(15-13-21)54(45,46)47/h1-17H,(H,45,46,47)(H,48,49,50)(H,51,52,53)(H4,33,35,37,39,41,43)(H4,34,36,38,40,42,44)/b7-6+. The first-order chi connectivity index (χ1) is 26.4. The lowest BCUT2D eigenvalue weighted by atomic mass is 10.1. The Balaban J connectivity index is 1.32. The summed E-state index contributed by atoms with van der Waals surface area (Å²) in [6.45, 7) is 0. The van der Waals surface area contributed by atoms with Gasteiger partial charge in [0.05, 0.1) is 22.0 Å². The van der Waals surface area contributed by atoms with Gasteiger partial charge in [-0.2, -0.15) is 30.2 Å². The molecule has 0 saturated carbocycles. The highest BCUT2D eigenvalue weighted by molar-refractivity contribution is 7.86. The Morgan fingerprint density at radius 1 is 0.571 bits per heavy atom. The second-order valence-corrected chi connectivity index (χ2v) is 15.6. The van der Waals surface area contributed by atoms with E-state index in [1.807, 2.05) is 6.07 Å². The van der Waals surface area contributed by atoms with Crippen LogP contribution in [0.4, 0.5) is 28.7 Å². The second-order valence-electron chi connectivity index (χ2n) is 11.4. The molecule has 0 fully saturated rings. The SMILES string of the molecule is N=c1nc(Nc2ccc(S(=O)(=O)O)cc2)[nH]c(=Nc2ccc(/C=C/c3ccc(N=c4[nH]c(=N)[nH]c(=Nc5ccccc5)[nH]4)cc3S(=O)(=O)O)c(S(=O)(=O)O)c2)[nH]1. The van der Waals surface area contributed by atoms with E-state index >= 15 is 0 Å². The van der Waals surface area contributed by atoms with Crippen LogP contribution in [0.5, 0.6) is 0 Å². The zero-order valence-electron chi connectivity index (χ0n) is 28.1. The number of aromatic amines is 5. The molecule has 0 amide bonds. The Labute approximate surface area is 315 Å². The summed E-state index contributed by atoms with van der Waals surface area (Å²) in [6.07, 6.45) is 2.38. The number of rotatable bonds is 10. The number of hydrogen-bond acceptors (Lipinski definition) is 13. The zero-order valence-corrected chi connectivity index (χ0v) is 30.6. The van der Waals surface area contributed by atoms with Crippen molar-refractivity contribution < 1.29 is 38.9 Å². The van der Waals surface area contributed by atoms with Crippen molar-refractivity contribution in [3.8, 4) is 0 Å². The number of benzene rings is 4. The minimum atomic E-state index is -4.90. The lowest BCUT2D eigenvalue weighted by Crippen LogP contribution is -2.36. The van der Waals surface area contributed by atoms with E-state index in [-0.39, 0.29) is 61.4 Å². The van der Waals surface area contributed by atoms with Crippen LogP contribution in [-0.2, 0) is 30.4 Å². The van der Waals surface area contributed by atoms with Gasteiger partial charge in [-0.25, -0.2) is 15.0 Å². The first-order valence-corrected chi connectivity index (χ1v) is 19.9. The summed E-state index contributed by atoms with van der Waals surface area (Å²) < 4.78 is 102. The Bertz CT molecular complexity index is 3190. The highest BCUT2D eigenvalue weighted by Gasteiger charge is 2.18. The highest BCUT2D eigenvalue weighted by atomic mass is 32.2. The molecular weight excluding hydrogens is 793 g/mol. The maximum atomic E-state index is 12.4. The Morgan fingerprint density at radius 2 is 1.07 bits per heavy atom. The van der Waals surface area contributed by atoms with Crippen LogP contribution in [-0.4, -0.2) is 68.8 Å².